The van der Waals surface area contributed by atoms with Gasteiger partial charge in [-0.05, 0) is 35.9 Å². The molecular weight excluding hydrogens is 396 g/mol. The molecule has 0 bridgehead atoms. The van der Waals surface area contributed by atoms with Gasteiger partial charge in [-0.15, -0.1) is 0 Å². The first kappa shape index (κ1) is 17.3. The van der Waals surface area contributed by atoms with Crippen LogP contribution < -0.4 is 0 Å². The van der Waals surface area contributed by atoms with Gasteiger partial charge in [-0.1, -0.05) is 54.6 Å². The van der Waals surface area contributed by atoms with E-state index >= 15 is 0 Å². The van der Waals surface area contributed by atoms with Gasteiger partial charge in [0.2, 0.25) is 0 Å². The van der Waals surface area contributed by atoms with Crippen LogP contribution in [0.2, 0.25) is 0 Å². The van der Waals surface area contributed by atoms with Crippen molar-refractivity contribution in [2.45, 2.75) is 6.54 Å². The number of nitrogens with zero attached hydrogens (tertiary/aromatic N) is 4. The van der Waals surface area contributed by atoms with E-state index in [1.54, 1.807) is 6.26 Å². The molecule has 0 atom stereocenters. The summed E-state index contributed by atoms with van der Waals surface area (Å²) in [6.07, 6.45) is 3.71. The first-order valence-corrected chi connectivity index (χ1v) is 10.6. The topological polar surface area (TPSA) is 48.3 Å². The van der Waals surface area contributed by atoms with Gasteiger partial charge in [-0.2, -0.15) is 0 Å². The smallest absolute Gasteiger partial charge is 0.166 e. The molecule has 0 saturated carbocycles. The van der Waals surface area contributed by atoms with Crippen molar-refractivity contribution in [1.29, 1.82) is 0 Å². The highest BCUT2D eigenvalue weighted by Gasteiger charge is 2.23. The van der Waals surface area contributed by atoms with Crippen molar-refractivity contribution in [3.8, 4) is 11.5 Å². The minimum absolute atomic E-state index is 0.735. The number of imidazole rings is 1. The lowest BCUT2D eigenvalue weighted by molar-refractivity contribution is 0.580. The molecule has 0 aliphatic rings. The third-order valence-corrected chi connectivity index (χ3v) is 6.09. The van der Waals surface area contributed by atoms with Gasteiger partial charge < -0.3 is 8.98 Å². The lowest BCUT2D eigenvalue weighted by Crippen LogP contribution is -2.01. The minimum Gasteiger partial charge on any atom is -0.463 e. The number of fused-ring (bicyclic) bond motifs is 7. The summed E-state index contributed by atoms with van der Waals surface area (Å²) in [5.74, 6) is 0.750. The maximum absolute atomic E-state index is 5.86. The zero-order valence-electron chi connectivity index (χ0n) is 17.1. The molecule has 5 nitrogen and oxygen atoms in total. The zero-order valence-corrected chi connectivity index (χ0v) is 17.1. The summed E-state index contributed by atoms with van der Waals surface area (Å²) in [5.41, 5.74) is 6.89. The fraction of sp³-hybridized carbons (Fsp3) is 0.0370. The lowest BCUT2D eigenvalue weighted by Gasteiger charge is -2.10. The molecule has 5 aromatic heterocycles. The number of benzene rings is 2. The Morgan fingerprint density at radius 3 is 2.50 bits per heavy atom. The molecule has 0 N–H and O–H groups in total. The Hall–Kier alpha value is -4.38. The van der Waals surface area contributed by atoms with Crippen molar-refractivity contribution >= 4 is 38.6 Å². The Morgan fingerprint density at radius 1 is 0.781 bits per heavy atom. The van der Waals surface area contributed by atoms with Gasteiger partial charge in [0.1, 0.15) is 16.9 Å². The highest BCUT2D eigenvalue weighted by Crippen LogP contribution is 2.39. The van der Waals surface area contributed by atoms with Gasteiger partial charge in [0.25, 0.3) is 0 Å². The maximum atomic E-state index is 5.86. The van der Waals surface area contributed by atoms with E-state index in [2.05, 4.69) is 53.1 Å². The van der Waals surface area contributed by atoms with Crippen LogP contribution >= 0.6 is 0 Å². The summed E-state index contributed by atoms with van der Waals surface area (Å²) in [5, 5.41) is 2.28. The van der Waals surface area contributed by atoms with E-state index in [1.165, 1.54) is 10.9 Å². The van der Waals surface area contributed by atoms with Crippen LogP contribution in [-0.4, -0.2) is 18.9 Å². The Morgan fingerprint density at radius 2 is 1.62 bits per heavy atom. The molecule has 0 radical (unpaired) electrons. The number of hydrogen-bond acceptors (Lipinski definition) is 3. The molecule has 32 heavy (non-hydrogen) atoms. The summed E-state index contributed by atoms with van der Waals surface area (Å²) >= 11 is 0. The van der Waals surface area contributed by atoms with Gasteiger partial charge in [0.05, 0.1) is 11.8 Å². The van der Waals surface area contributed by atoms with Crippen LogP contribution in [0.15, 0.2) is 102 Å². The van der Waals surface area contributed by atoms with Gasteiger partial charge in [0.15, 0.2) is 11.4 Å². The molecule has 2 aromatic carbocycles. The third kappa shape index (κ3) is 2.39. The van der Waals surface area contributed by atoms with Crippen molar-refractivity contribution in [1.82, 2.24) is 18.9 Å². The monoisotopic (exact) mass is 414 g/mol. The number of furan rings is 1. The van der Waals surface area contributed by atoms with E-state index < -0.39 is 0 Å². The molecule has 0 saturated heterocycles. The molecule has 0 aliphatic carbocycles. The van der Waals surface area contributed by atoms with Crippen LogP contribution in [0.3, 0.4) is 0 Å². The van der Waals surface area contributed by atoms with Crippen molar-refractivity contribution < 1.29 is 4.42 Å². The number of pyridine rings is 2. The normalized spacial score (nSPS) is 11.9. The van der Waals surface area contributed by atoms with Crippen molar-refractivity contribution in [2.75, 3.05) is 0 Å². The van der Waals surface area contributed by atoms with Crippen molar-refractivity contribution in [3.63, 3.8) is 0 Å². The van der Waals surface area contributed by atoms with Crippen molar-refractivity contribution in [2.24, 2.45) is 0 Å². The number of para-hydroxylation sites is 1. The van der Waals surface area contributed by atoms with E-state index in [0.29, 0.717) is 0 Å². The average molecular weight is 414 g/mol. The van der Waals surface area contributed by atoms with Gasteiger partial charge in [0, 0.05) is 29.0 Å². The standard InChI is InChI=1S/C27H18N4O/c1-2-9-18(10-3-1)17-31-20-12-5-4-11-19(20)23-25-27(30-15-7-6-14-22(30)28-25)29-24(26(23)31)21-13-8-16-32-21/h1-16H,17H2. The van der Waals surface area contributed by atoms with E-state index in [4.69, 9.17) is 14.4 Å². The van der Waals surface area contributed by atoms with Gasteiger partial charge in [-0.3, -0.25) is 4.40 Å². The SMILES string of the molecule is c1ccc(Cn2c3ccccc3c3c4nc5ccccn5c4nc(-c4ccco4)c32)cc1. The Kier molecular flexibility index (Phi) is 3.55. The highest BCUT2D eigenvalue weighted by molar-refractivity contribution is 6.21. The molecule has 0 aliphatic heterocycles. The molecular formula is C27H18N4O. The first-order valence-electron chi connectivity index (χ1n) is 10.6. The molecule has 0 fully saturated rings. The minimum atomic E-state index is 0.735. The zero-order chi connectivity index (χ0) is 21.1. The van der Waals surface area contributed by atoms with Crippen LogP contribution in [0.4, 0.5) is 0 Å². The molecule has 7 aromatic rings. The molecule has 0 amide bonds. The van der Waals surface area contributed by atoms with Crippen molar-refractivity contribution in [3.05, 3.63) is 103 Å². The fourth-order valence-corrected chi connectivity index (χ4v) is 4.72. The average Bonchev–Trinajstić information content (AvgIpc) is 3.56. The van der Waals surface area contributed by atoms with Crippen LogP contribution in [0.25, 0.3) is 50.1 Å². The summed E-state index contributed by atoms with van der Waals surface area (Å²) < 4.78 is 10.2. The van der Waals surface area contributed by atoms with Crippen LogP contribution in [0, 0.1) is 0 Å². The second-order valence-electron chi connectivity index (χ2n) is 7.96. The third-order valence-electron chi connectivity index (χ3n) is 6.09. The Balaban J connectivity index is 1.71. The molecule has 0 unspecified atom stereocenters. The summed E-state index contributed by atoms with van der Waals surface area (Å²) in [7, 11) is 0. The predicted molar refractivity (Wildman–Crippen MR) is 127 cm³/mol. The maximum Gasteiger partial charge on any atom is 0.166 e. The highest BCUT2D eigenvalue weighted by atomic mass is 16.3. The second-order valence-corrected chi connectivity index (χ2v) is 7.96. The Bertz CT molecular complexity index is 1740. The number of hydrogen-bond donors (Lipinski definition) is 0. The largest absolute Gasteiger partial charge is 0.463 e. The van der Waals surface area contributed by atoms with Gasteiger partial charge in [-0.25, -0.2) is 9.97 Å². The Labute approximate surface area is 183 Å². The van der Waals surface area contributed by atoms with Crippen LogP contribution in [-0.2, 0) is 6.54 Å². The first-order chi connectivity index (χ1) is 15.9. The van der Waals surface area contributed by atoms with Gasteiger partial charge >= 0.3 is 0 Å². The lowest BCUT2D eigenvalue weighted by atomic mass is 10.1. The van der Waals surface area contributed by atoms with E-state index in [9.17, 15) is 0 Å². The summed E-state index contributed by atoms with van der Waals surface area (Å²) in [4.78, 5) is 10.1. The summed E-state index contributed by atoms with van der Waals surface area (Å²) in [6.45, 7) is 0.735. The summed E-state index contributed by atoms with van der Waals surface area (Å²) in [6, 6.07) is 28.9. The molecule has 5 heteroatoms. The fourth-order valence-electron chi connectivity index (χ4n) is 4.72. The molecule has 0 spiro atoms. The molecule has 7 rings (SSSR count). The molecule has 5 heterocycles. The number of aromatic nitrogens is 4. The van der Waals surface area contributed by atoms with Crippen LogP contribution in [0.5, 0.6) is 0 Å². The van der Waals surface area contributed by atoms with E-state index in [0.717, 1.165) is 51.2 Å². The second kappa shape index (κ2) is 6.56. The van der Waals surface area contributed by atoms with E-state index in [-0.39, 0.29) is 0 Å². The quantitative estimate of drug-likeness (QED) is 0.341. The van der Waals surface area contributed by atoms with Crippen LogP contribution in [0.1, 0.15) is 5.56 Å². The molecule has 152 valence electrons. The van der Waals surface area contributed by atoms with E-state index in [1.807, 2.05) is 47.0 Å². The predicted octanol–water partition coefficient (Wildman–Crippen LogP) is 6.30. The number of rotatable bonds is 3.